The highest BCUT2D eigenvalue weighted by Crippen LogP contribution is 2.44. The Kier molecular flexibility index (Phi) is 4.66. The summed E-state index contributed by atoms with van der Waals surface area (Å²) in [5.74, 6) is 0. The molecule has 174 valence electrons. The SMILES string of the molecule is [2H]c1cc(-c2c(C)ccc3c2oc2c(-c4ccc(C)cc4)c([N+]#[C-])ccc23)[n+](C)cc1C([2H])([2H])C(C)(C)C. The van der Waals surface area contributed by atoms with Gasteiger partial charge in [-0.05, 0) is 42.8 Å². The third-order valence-corrected chi connectivity index (χ3v) is 6.29. The van der Waals surface area contributed by atoms with Gasteiger partial charge in [-0.1, -0.05) is 74.9 Å². The first kappa shape index (κ1) is 19.4. The molecule has 5 aromatic rings. The fourth-order valence-corrected chi connectivity index (χ4v) is 4.67. The molecule has 0 saturated heterocycles. The zero-order valence-corrected chi connectivity index (χ0v) is 21.1. The molecule has 35 heavy (non-hydrogen) atoms. The van der Waals surface area contributed by atoms with Gasteiger partial charge in [-0.3, -0.25) is 0 Å². The lowest BCUT2D eigenvalue weighted by Gasteiger charge is -2.17. The first-order chi connectivity index (χ1) is 17.8. The monoisotopic (exact) mass is 462 g/mol. The van der Waals surface area contributed by atoms with Gasteiger partial charge in [-0.15, -0.1) is 0 Å². The van der Waals surface area contributed by atoms with E-state index < -0.39 is 11.8 Å². The van der Waals surface area contributed by atoms with Crippen LogP contribution in [0.15, 0.2) is 71.3 Å². The Bertz CT molecular complexity index is 1770. The molecule has 0 aliphatic heterocycles. The van der Waals surface area contributed by atoms with Crippen LogP contribution in [0.25, 0.3) is 49.2 Å². The fraction of sp³-hybridized carbons (Fsp3) is 0.250. The molecule has 2 heterocycles. The molecule has 0 aliphatic carbocycles. The Hall–Kier alpha value is -3.90. The molecule has 0 bridgehead atoms. The molecule has 3 aromatic carbocycles. The minimum atomic E-state index is -1.68. The number of pyridine rings is 1. The average molecular weight is 463 g/mol. The minimum Gasteiger partial charge on any atom is -0.456 e. The minimum absolute atomic E-state index is 0.154. The van der Waals surface area contributed by atoms with Crippen LogP contribution in [-0.4, -0.2) is 0 Å². The summed E-state index contributed by atoms with van der Waals surface area (Å²) in [5, 5.41) is 1.87. The highest BCUT2D eigenvalue weighted by Gasteiger charge is 2.24. The Morgan fingerprint density at radius 1 is 0.943 bits per heavy atom. The Labute approximate surface area is 211 Å². The molecule has 3 nitrogen and oxygen atoms in total. The highest BCUT2D eigenvalue weighted by molar-refractivity contribution is 6.15. The predicted molar refractivity (Wildman–Crippen MR) is 145 cm³/mol. The molecule has 0 radical (unpaired) electrons. The summed E-state index contributed by atoms with van der Waals surface area (Å²) >= 11 is 0. The van der Waals surface area contributed by atoms with E-state index in [0.717, 1.165) is 44.3 Å². The zero-order valence-electron chi connectivity index (χ0n) is 24.1. The number of fused-ring (bicyclic) bond motifs is 3. The van der Waals surface area contributed by atoms with Gasteiger partial charge in [0.05, 0.1) is 13.5 Å². The van der Waals surface area contributed by atoms with Crippen molar-refractivity contribution < 1.29 is 13.1 Å². The first-order valence-corrected chi connectivity index (χ1v) is 11.8. The number of furan rings is 1. The molecular formula is C32H31N2O+. The number of aromatic nitrogens is 1. The Morgan fingerprint density at radius 2 is 1.60 bits per heavy atom. The predicted octanol–water partition coefficient (Wildman–Crippen LogP) is 8.50. The maximum Gasteiger partial charge on any atom is 0.216 e. The van der Waals surface area contributed by atoms with Crippen LogP contribution >= 0.6 is 0 Å². The molecule has 0 unspecified atom stereocenters. The van der Waals surface area contributed by atoms with Gasteiger partial charge in [-0.2, -0.15) is 0 Å². The van der Waals surface area contributed by atoms with E-state index in [1.807, 2.05) is 94.8 Å². The number of hydrogen-bond donors (Lipinski definition) is 0. The standard InChI is InChI=1S/C32H31N2O/c1-20-8-12-23(13-9-20)29-26(33-6)16-15-25-24-14-10-21(2)28(30(24)35-31(25)29)27-17-11-22(19-34(27)7)18-32(3,4)5/h8-17,19H,18H2,1-5,7H3/q+1/i11D,18D2. The summed E-state index contributed by atoms with van der Waals surface area (Å²) < 4.78 is 34.7. The van der Waals surface area contributed by atoms with Crippen LogP contribution < -0.4 is 4.57 Å². The van der Waals surface area contributed by atoms with Gasteiger partial charge in [0.1, 0.15) is 18.2 Å². The second-order valence-corrected chi connectivity index (χ2v) is 10.3. The highest BCUT2D eigenvalue weighted by atomic mass is 16.3. The van der Waals surface area contributed by atoms with Crippen LogP contribution in [0.1, 0.15) is 41.6 Å². The van der Waals surface area contributed by atoms with Crippen molar-refractivity contribution in [3.63, 3.8) is 0 Å². The Balaban J connectivity index is 1.81. The van der Waals surface area contributed by atoms with Crippen LogP contribution in [-0.2, 0) is 13.4 Å². The molecule has 0 aliphatic rings. The fourth-order valence-electron chi connectivity index (χ4n) is 4.67. The second-order valence-electron chi connectivity index (χ2n) is 10.3. The number of rotatable bonds is 3. The topological polar surface area (TPSA) is 21.4 Å². The zero-order chi connectivity index (χ0) is 27.6. The maximum atomic E-state index is 8.78. The van der Waals surface area contributed by atoms with Crippen LogP contribution in [0.2, 0.25) is 0 Å². The lowest BCUT2D eigenvalue weighted by molar-refractivity contribution is -0.660. The summed E-state index contributed by atoms with van der Waals surface area (Å²) in [6.07, 6.45) is 0.0541. The molecule has 0 atom stereocenters. The summed E-state index contributed by atoms with van der Waals surface area (Å²) in [7, 11) is 1.88. The Morgan fingerprint density at radius 3 is 2.26 bits per heavy atom. The van der Waals surface area contributed by atoms with Crippen molar-refractivity contribution in [2.75, 3.05) is 0 Å². The summed E-state index contributed by atoms with van der Waals surface area (Å²) in [5.41, 5.74) is 7.04. The van der Waals surface area contributed by atoms with Gasteiger partial charge >= 0.3 is 0 Å². The van der Waals surface area contributed by atoms with E-state index in [-0.39, 0.29) is 6.04 Å². The van der Waals surface area contributed by atoms with Gasteiger partial charge in [0.15, 0.2) is 11.9 Å². The number of aryl methyl sites for hydroxylation is 3. The van der Waals surface area contributed by atoms with Crippen molar-refractivity contribution in [3.8, 4) is 22.4 Å². The van der Waals surface area contributed by atoms with E-state index in [2.05, 4.69) is 4.85 Å². The van der Waals surface area contributed by atoms with Gasteiger partial charge in [0.2, 0.25) is 5.69 Å². The summed E-state index contributed by atoms with van der Waals surface area (Å²) in [6, 6.07) is 17.9. The van der Waals surface area contributed by atoms with E-state index in [1.54, 1.807) is 12.3 Å². The van der Waals surface area contributed by atoms with Crippen LogP contribution in [0.5, 0.6) is 0 Å². The molecule has 0 spiro atoms. The van der Waals surface area contributed by atoms with Crippen LogP contribution in [0, 0.1) is 25.8 Å². The third-order valence-electron chi connectivity index (χ3n) is 6.29. The lowest BCUT2D eigenvalue weighted by Crippen LogP contribution is -2.32. The number of benzene rings is 3. The molecule has 0 saturated carbocycles. The average Bonchev–Trinajstić information content (AvgIpc) is 3.23. The first-order valence-electron chi connectivity index (χ1n) is 13.3. The van der Waals surface area contributed by atoms with Gasteiger partial charge in [0, 0.05) is 30.7 Å². The maximum absolute atomic E-state index is 8.78. The summed E-state index contributed by atoms with van der Waals surface area (Å²) in [4.78, 5) is 3.79. The van der Waals surface area contributed by atoms with E-state index in [1.165, 1.54) is 0 Å². The molecule has 0 fully saturated rings. The molecule has 0 N–H and O–H groups in total. The number of nitrogens with zero attached hydrogens (tertiary/aromatic N) is 2. The second kappa shape index (κ2) is 8.40. The summed E-state index contributed by atoms with van der Waals surface area (Å²) in [6.45, 7) is 17.4. The molecular weight excluding hydrogens is 428 g/mol. The molecule has 5 rings (SSSR count). The van der Waals surface area contributed by atoms with E-state index in [9.17, 15) is 0 Å². The van der Waals surface area contributed by atoms with E-state index in [4.69, 9.17) is 15.1 Å². The largest absolute Gasteiger partial charge is 0.456 e. The van der Waals surface area contributed by atoms with Crippen molar-refractivity contribution in [1.29, 1.82) is 0 Å². The molecule has 2 aromatic heterocycles. The normalized spacial score (nSPS) is 13.5. The smallest absolute Gasteiger partial charge is 0.216 e. The van der Waals surface area contributed by atoms with Crippen molar-refractivity contribution in [2.45, 2.75) is 41.0 Å². The lowest BCUT2D eigenvalue weighted by atomic mass is 9.88. The van der Waals surface area contributed by atoms with E-state index >= 15 is 0 Å². The van der Waals surface area contributed by atoms with Crippen molar-refractivity contribution in [2.24, 2.45) is 12.5 Å². The van der Waals surface area contributed by atoms with Crippen molar-refractivity contribution in [1.82, 2.24) is 0 Å². The van der Waals surface area contributed by atoms with Crippen molar-refractivity contribution in [3.05, 3.63) is 94.9 Å². The van der Waals surface area contributed by atoms with Gasteiger partial charge in [0.25, 0.3) is 0 Å². The van der Waals surface area contributed by atoms with Crippen LogP contribution in [0.4, 0.5) is 5.69 Å². The molecule has 0 amide bonds. The van der Waals surface area contributed by atoms with Gasteiger partial charge < -0.3 is 4.42 Å². The van der Waals surface area contributed by atoms with Crippen LogP contribution in [0.3, 0.4) is 0 Å². The molecule has 3 heteroatoms. The third kappa shape index (κ3) is 4.10. The number of hydrogen-bond acceptors (Lipinski definition) is 1. The quantitative estimate of drug-likeness (QED) is 0.194. The van der Waals surface area contributed by atoms with Crippen molar-refractivity contribution >= 4 is 27.6 Å². The van der Waals surface area contributed by atoms with E-state index in [0.29, 0.717) is 22.4 Å². The van der Waals surface area contributed by atoms with Gasteiger partial charge in [-0.25, -0.2) is 9.41 Å².